The minimum absolute atomic E-state index is 0.223. The van der Waals surface area contributed by atoms with Crippen molar-refractivity contribution in [2.75, 3.05) is 11.9 Å². The summed E-state index contributed by atoms with van der Waals surface area (Å²) in [5.41, 5.74) is -1.11. The molecule has 8 heteroatoms. The second kappa shape index (κ2) is 6.30. The van der Waals surface area contributed by atoms with Gasteiger partial charge in [-0.05, 0) is 25.5 Å². The first-order valence-electron chi connectivity index (χ1n) is 5.60. The van der Waals surface area contributed by atoms with Gasteiger partial charge >= 0.3 is 12.0 Å². The Bertz CT molecular complexity index is 547. The van der Waals surface area contributed by atoms with E-state index in [-0.39, 0.29) is 15.7 Å². The largest absolute Gasteiger partial charge is 0.479 e. The molecule has 0 saturated heterocycles. The smallest absolute Gasteiger partial charge is 0.337 e. The lowest BCUT2D eigenvalue weighted by molar-refractivity contribution is -0.155. The van der Waals surface area contributed by atoms with Crippen LogP contribution in [0, 0.1) is 6.92 Å². The van der Waals surface area contributed by atoms with E-state index in [1.807, 2.05) is 0 Å². The molecule has 4 N–H and O–H groups in total. The van der Waals surface area contributed by atoms with Crippen LogP contribution >= 0.6 is 23.2 Å². The van der Waals surface area contributed by atoms with Gasteiger partial charge in [-0.2, -0.15) is 0 Å². The molecular weight excluding hydrogens is 307 g/mol. The number of hydrogen-bond acceptors (Lipinski definition) is 3. The molecule has 0 aliphatic carbocycles. The lowest BCUT2D eigenvalue weighted by Crippen LogP contribution is -2.47. The molecule has 0 heterocycles. The Kier molecular flexibility index (Phi) is 5.21. The van der Waals surface area contributed by atoms with Gasteiger partial charge in [0.1, 0.15) is 0 Å². The molecule has 0 bridgehead atoms. The summed E-state index contributed by atoms with van der Waals surface area (Å²) in [6, 6.07) is 2.55. The van der Waals surface area contributed by atoms with Gasteiger partial charge in [0.05, 0.1) is 22.3 Å². The molecule has 6 nitrogen and oxygen atoms in total. The summed E-state index contributed by atoms with van der Waals surface area (Å²) in [6.07, 6.45) is 0. The van der Waals surface area contributed by atoms with Crippen LogP contribution in [0.25, 0.3) is 0 Å². The van der Waals surface area contributed by atoms with Gasteiger partial charge in [-0.15, -0.1) is 0 Å². The second-order valence-electron chi connectivity index (χ2n) is 4.44. The number of halogens is 2. The van der Waals surface area contributed by atoms with Crippen LogP contribution in [0.15, 0.2) is 12.1 Å². The number of aryl methyl sites for hydroxylation is 1. The van der Waals surface area contributed by atoms with Gasteiger partial charge in [0, 0.05) is 0 Å². The normalized spacial score (nSPS) is 13.4. The first kappa shape index (κ1) is 16.6. The second-order valence-corrected chi connectivity index (χ2v) is 5.23. The molecular formula is C12H14Cl2N2O4. The van der Waals surface area contributed by atoms with Gasteiger partial charge in [-0.3, -0.25) is 0 Å². The average Bonchev–Trinajstić information content (AvgIpc) is 2.37. The molecule has 0 fully saturated rings. The van der Waals surface area contributed by atoms with E-state index in [1.54, 1.807) is 19.1 Å². The highest BCUT2D eigenvalue weighted by Gasteiger charge is 2.30. The van der Waals surface area contributed by atoms with Crippen molar-refractivity contribution in [1.82, 2.24) is 5.32 Å². The maximum Gasteiger partial charge on any atom is 0.337 e. The number of carbonyl (C=O) groups excluding carboxylic acids is 1. The van der Waals surface area contributed by atoms with Crippen LogP contribution in [0.4, 0.5) is 10.5 Å². The molecule has 0 saturated carbocycles. The number of carboxylic acids is 1. The van der Waals surface area contributed by atoms with Crippen LogP contribution in [-0.4, -0.2) is 34.4 Å². The minimum atomic E-state index is -2.06. The van der Waals surface area contributed by atoms with Crippen molar-refractivity contribution in [3.05, 3.63) is 27.7 Å². The third-order valence-electron chi connectivity index (χ3n) is 2.58. The fourth-order valence-electron chi connectivity index (χ4n) is 1.26. The fourth-order valence-corrected chi connectivity index (χ4v) is 1.72. The van der Waals surface area contributed by atoms with E-state index in [0.29, 0.717) is 0 Å². The molecule has 0 spiro atoms. The molecule has 1 atom stereocenters. The third kappa shape index (κ3) is 4.00. The van der Waals surface area contributed by atoms with E-state index in [1.165, 1.54) is 0 Å². The number of hydrogen-bond donors (Lipinski definition) is 4. The van der Waals surface area contributed by atoms with E-state index >= 15 is 0 Å². The topological polar surface area (TPSA) is 98.7 Å². The predicted molar refractivity (Wildman–Crippen MR) is 76.5 cm³/mol. The molecule has 1 rings (SSSR count). The Morgan fingerprint density at radius 2 is 1.95 bits per heavy atom. The van der Waals surface area contributed by atoms with Gasteiger partial charge in [0.25, 0.3) is 0 Å². The van der Waals surface area contributed by atoms with Crippen LogP contribution in [0.5, 0.6) is 0 Å². The Labute approximate surface area is 125 Å². The first-order chi connectivity index (χ1) is 9.15. The van der Waals surface area contributed by atoms with Crippen molar-refractivity contribution in [3.8, 4) is 0 Å². The Balaban J connectivity index is 2.73. The lowest BCUT2D eigenvalue weighted by atomic mass is 10.1. The number of amides is 2. The maximum atomic E-state index is 11.7. The van der Waals surface area contributed by atoms with E-state index in [4.69, 9.17) is 28.3 Å². The fraction of sp³-hybridized carbons (Fsp3) is 0.333. The molecule has 20 heavy (non-hydrogen) atoms. The molecule has 0 aromatic heterocycles. The van der Waals surface area contributed by atoms with Crippen molar-refractivity contribution in [3.63, 3.8) is 0 Å². The standard InChI is InChI=1S/C12H14Cl2N2O4/c1-6-3-4-7(13)9(8(6)14)16-11(19)15-5-12(2,20)10(17)18/h3-4,20H,5H2,1-2H3,(H,17,18)(H2,15,16,19). The minimum Gasteiger partial charge on any atom is -0.479 e. The van der Waals surface area contributed by atoms with Crippen molar-refractivity contribution in [1.29, 1.82) is 0 Å². The third-order valence-corrected chi connectivity index (χ3v) is 3.38. The van der Waals surface area contributed by atoms with Crippen LogP contribution in [0.2, 0.25) is 10.0 Å². The summed E-state index contributed by atoms with van der Waals surface area (Å²) in [7, 11) is 0. The molecule has 1 unspecified atom stereocenters. The summed E-state index contributed by atoms with van der Waals surface area (Å²) >= 11 is 11.9. The first-order valence-corrected chi connectivity index (χ1v) is 6.36. The van der Waals surface area contributed by atoms with Gasteiger partial charge in [0.2, 0.25) is 0 Å². The summed E-state index contributed by atoms with van der Waals surface area (Å²) in [5.74, 6) is -1.44. The molecule has 1 aromatic carbocycles. The number of carboxylic acid groups (broad SMARTS) is 1. The maximum absolute atomic E-state index is 11.7. The summed E-state index contributed by atoms with van der Waals surface area (Å²) in [5, 5.41) is 23.4. The summed E-state index contributed by atoms with van der Waals surface area (Å²) in [6.45, 7) is 2.36. The Morgan fingerprint density at radius 1 is 1.35 bits per heavy atom. The number of carbonyl (C=O) groups is 2. The van der Waals surface area contributed by atoms with Crippen LogP contribution in [0.3, 0.4) is 0 Å². The Morgan fingerprint density at radius 3 is 2.50 bits per heavy atom. The van der Waals surface area contributed by atoms with E-state index in [2.05, 4.69) is 10.6 Å². The number of rotatable bonds is 4. The molecule has 1 aromatic rings. The van der Waals surface area contributed by atoms with Crippen LogP contribution < -0.4 is 10.6 Å². The average molecular weight is 321 g/mol. The SMILES string of the molecule is Cc1ccc(Cl)c(NC(=O)NCC(C)(O)C(=O)O)c1Cl. The lowest BCUT2D eigenvalue weighted by Gasteiger charge is -2.19. The number of aliphatic hydroxyl groups is 1. The zero-order valence-corrected chi connectivity index (χ0v) is 12.3. The molecule has 0 aliphatic rings. The number of benzene rings is 1. The zero-order valence-electron chi connectivity index (χ0n) is 10.8. The monoisotopic (exact) mass is 320 g/mol. The number of aliphatic carboxylic acids is 1. The van der Waals surface area contributed by atoms with Crippen molar-refractivity contribution < 1.29 is 19.8 Å². The molecule has 2 amide bonds. The highest BCUT2D eigenvalue weighted by molar-refractivity contribution is 6.40. The predicted octanol–water partition coefficient (Wildman–Crippen LogP) is 2.26. The van der Waals surface area contributed by atoms with E-state index < -0.39 is 24.1 Å². The van der Waals surface area contributed by atoms with Gasteiger partial charge in [-0.1, -0.05) is 29.3 Å². The highest BCUT2D eigenvalue weighted by atomic mass is 35.5. The molecule has 110 valence electrons. The van der Waals surface area contributed by atoms with Crippen molar-refractivity contribution in [2.45, 2.75) is 19.4 Å². The van der Waals surface area contributed by atoms with E-state index in [9.17, 15) is 14.7 Å². The van der Waals surface area contributed by atoms with Gasteiger partial charge in [0.15, 0.2) is 5.60 Å². The number of nitrogens with one attached hydrogen (secondary N) is 2. The number of anilines is 1. The van der Waals surface area contributed by atoms with Crippen molar-refractivity contribution in [2.24, 2.45) is 0 Å². The molecule has 0 aliphatic heterocycles. The van der Waals surface area contributed by atoms with E-state index in [0.717, 1.165) is 12.5 Å². The molecule has 0 radical (unpaired) electrons. The van der Waals surface area contributed by atoms with Crippen molar-refractivity contribution >= 4 is 40.9 Å². The quantitative estimate of drug-likeness (QED) is 0.683. The number of urea groups is 1. The highest BCUT2D eigenvalue weighted by Crippen LogP contribution is 2.32. The summed E-state index contributed by atoms with van der Waals surface area (Å²) < 4.78 is 0. The van der Waals surface area contributed by atoms with Gasteiger partial charge < -0.3 is 20.8 Å². The van der Waals surface area contributed by atoms with Crippen LogP contribution in [-0.2, 0) is 4.79 Å². The van der Waals surface area contributed by atoms with Gasteiger partial charge in [-0.25, -0.2) is 9.59 Å². The Hall–Kier alpha value is -1.50. The summed E-state index contributed by atoms with van der Waals surface area (Å²) in [4.78, 5) is 22.3. The van der Waals surface area contributed by atoms with Crippen LogP contribution in [0.1, 0.15) is 12.5 Å². The zero-order chi connectivity index (χ0) is 15.5.